The number of nitrogens with one attached hydrogen (secondary N) is 2. The van der Waals surface area contributed by atoms with Crippen LogP contribution in [-0.2, 0) is 4.74 Å². The van der Waals surface area contributed by atoms with Gasteiger partial charge in [-0.3, -0.25) is 9.89 Å². The molecule has 1 aliphatic rings. The zero-order valence-corrected chi connectivity index (χ0v) is 16.8. The number of hydrogen-bond acceptors (Lipinski definition) is 4. The molecule has 0 amide bonds. The number of aliphatic imine (C=N–C) groups is 1. The first-order chi connectivity index (χ1) is 10.3. The molecular formula is C15H34IN5O. The maximum atomic E-state index is 5.32. The number of guanidine groups is 1. The number of hydrogen-bond donors (Lipinski definition) is 2. The zero-order chi connectivity index (χ0) is 15.3. The first-order valence-electron chi connectivity index (χ1n) is 8.34. The minimum absolute atomic E-state index is 0. The van der Waals surface area contributed by atoms with Gasteiger partial charge in [-0.15, -0.1) is 24.0 Å². The standard InChI is InChI=1S/C15H33N5O.HI/c1-4-16-15(18-8-14-21-6-3)17-7-9-20-12-10-19(5-2)11-13-20;/h4-14H2,1-3H3,(H2,16,17,18);1H. The van der Waals surface area contributed by atoms with Crippen LogP contribution < -0.4 is 10.6 Å². The SMILES string of the molecule is CCNC(=NCCN1CCN(CC)CC1)NCCOCC.I. The largest absolute Gasteiger partial charge is 0.380 e. The number of halogens is 1. The van der Waals surface area contributed by atoms with Crippen LogP contribution in [0.1, 0.15) is 20.8 Å². The Labute approximate surface area is 153 Å². The van der Waals surface area contributed by atoms with Gasteiger partial charge in [-0.05, 0) is 20.4 Å². The highest BCUT2D eigenvalue weighted by Crippen LogP contribution is 2.00. The van der Waals surface area contributed by atoms with E-state index in [4.69, 9.17) is 4.74 Å². The number of rotatable bonds is 9. The molecule has 0 aromatic heterocycles. The Balaban J connectivity index is 0.00000441. The summed E-state index contributed by atoms with van der Waals surface area (Å²) in [4.78, 5) is 9.63. The van der Waals surface area contributed by atoms with E-state index in [1.165, 1.54) is 19.6 Å². The molecule has 0 aromatic carbocycles. The van der Waals surface area contributed by atoms with Gasteiger partial charge in [0.15, 0.2) is 5.96 Å². The van der Waals surface area contributed by atoms with E-state index in [0.29, 0.717) is 0 Å². The maximum Gasteiger partial charge on any atom is 0.191 e. The highest BCUT2D eigenvalue weighted by Gasteiger charge is 2.14. The Kier molecular flexibility index (Phi) is 14.4. The Morgan fingerprint density at radius 2 is 1.73 bits per heavy atom. The molecule has 0 bridgehead atoms. The summed E-state index contributed by atoms with van der Waals surface area (Å²) < 4.78 is 5.32. The van der Waals surface area contributed by atoms with Crippen molar-refractivity contribution in [2.75, 3.05) is 72.1 Å². The van der Waals surface area contributed by atoms with Crippen LogP contribution in [0.4, 0.5) is 0 Å². The van der Waals surface area contributed by atoms with Crippen molar-refractivity contribution < 1.29 is 4.74 Å². The van der Waals surface area contributed by atoms with Crippen LogP contribution in [0, 0.1) is 0 Å². The fourth-order valence-electron chi connectivity index (χ4n) is 2.36. The number of piperazine rings is 1. The number of nitrogens with zero attached hydrogens (tertiary/aromatic N) is 3. The third-order valence-corrected chi connectivity index (χ3v) is 3.69. The van der Waals surface area contributed by atoms with E-state index in [9.17, 15) is 0 Å². The third-order valence-electron chi connectivity index (χ3n) is 3.69. The molecule has 1 heterocycles. The van der Waals surface area contributed by atoms with Crippen LogP contribution in [-0.4, -0.2) is 87.9 Å². The van der Waals surface area contributed by atoms with Crippen LogP contribution in [0.25, 0.3) is 0 Å². The lowest BCUT2D eigenvalue weighted by molar-refractivity contribution is 0.140. The fraction of sp³-hybridized carbons (Fsp3) is 0.933. The van der Waals surface area contributed by atoms with E-state index in [-0.39, 0.29) is 24.0 Å². The summed E-state index contributed by atoms with van der Waals surface area (Å²) in [7, 11) is 0. The van der Waals surface area contributed by atoms with Crippen molar-refractivity contribution in [3.05, 3.63) is 0 Å². The molecule has 0 unspecified atom stereocenters. The summed E-state index contributed by atoms with van der Waals surface area (Å²) in [6.07, 6.45) is 0. The van der Waals surface area contributed by atoms with Gasteiger partial charge in [0.1, 0.15) is 0 Å². The monoisotopic (exact) mass is 427 g/mol. The highest BCUT2D eigenvalue weighted by atomic mass is 127. The summed E-state index contributed by atoms with van der Waals surface area (Å²) in [6, 6.07) is 0. The van der Waals surface area contributed by atoms with Gasteiger partial charge in [0, 0.05) is 52.4 Å². The Bertz CT molecular complexity index is 283. The summed E-state index contributed by atoms with van der Waals surface area (Å²) in [5, 5.41) is 6.57. The predicted octanol–water partition coefficient (Wildman–Crippen LogP) is 0.834. The first kappa shape index (κ1) is 21.9. The van der Waals surface area contributed by atoms with Crippen molar-refractivity contribution in [3.63, 3.8) is 0 Å². The average molecular weight is 427 g/mol. The second-order valence-corrected chi connectivity index (χ2v) is 5.16. The molecule has 1 saturated heterocycles. The summed E-state index contributed by atoms with van der Waals surface area (Å²) in [6.45, 7) is 17.3. The van der Waals surface area contributed by atoms with Crippen LogP contribution in [0.5, 0.6) is 0 Å². The topological polar surface area (TPSA) is 52.1 Å². The minimum atomic E-state index is 0. The van der Waals surface area contributed by atoms with Crippen molar-refractivity contribution in [1.82, 2.24) is 20.4 Å². The highest BCUT2D eigenvalue weighted by molar-refractivity contribution is 14.0. The predicted molar refractivity (Wildman–Crippen MR) is 104 cm³/mol. The molecule has 7 heteroatoms. The quantitative estimate of drug-likeness (QED) is 0.247. The zero-order valence-electron chi connectivity index (χ0n) is 14.4. The molecular weight excluding hydrogens is 393 g/mol. The molecule has 0 radical (unpaired) electrons. The van der Waals surface area contributed by atoms with Gasteiger partial charge in [-0.2, -0.15) is 0 Å². The number of likely N-dealkylation sites (N-methyl/N-ethyl adjacent to an activating group) is 1. The molecule has 132 valence electrons. The molecule has 0 spiro atoms. The van der Waals surface area contributed by atoms with Gasteiger partial charge in [0.05, 0.1) is 13.2 Å². The Morgan fingerprint density at radius 1 is 1.05 bits per heavy atom. The molecule has 0 atom stereocenters. The van der Waals surface area contributed by atoms with E-state index in [1.54, 1.807) is 0 Å². The average Bonchev–Trinajstić information content (AvgIpc) is 2.52. The van der Waals surface area contributed by atoms with Gasteiger partial charge in [0.25, 0.3) is 0 Å². The molecule has 1 fully saturated rings. The van der Waals surface area contributed by atoms with E-state index < -0.39 is 0 Å². The van der Waals surface area contributed by atoms with E-state index in [2.05, 4.69) is 39.3 Å². The van der Waals surface area contributed by atoms with E-state index in [1.807, 2.05) is 6.92 Å². The van der Waals surface area contributed by atoms with Crippen LogP contribution in [0.2, 0.25) is 0 Å². The van der Waals surface area contributed by atoms with E-state index in [0.717, 1.165) is 58.4 Å². The molecule has 0 aliphatic carbocycles. The van der Waals surface area contributed by atoms with Crippen molar-refractivity contribution in [2.45, 2.75) is 20.8 Å². The van der Waals surface area contributed by atoms with Crippen molar-refractivity contribution >= 4 is 29.9 Å². The van der Waals surface area contributed by atoms with Gasteiger partial charge >= 0.3 is 0 Å². The Hall–Kier alpha value is -0.120. The Morgan fingerprint density at radius 3 is 2.32 bits per heavy atom. The molecule has 0 saturated carbocycles. The maximum absolute atomic E-state index is 5.32. The van der Waals surface area contributed by atoms with Crippen LogP contribution in [0.3, 0.4) is 0 Å². The molecule has 22 heavy (non-hydrogen) atoms. The van der Waals surface area contributed by atoms with Gasteiger partial charge in [-0.25, -0.2) is 0 Å². The van der Waals surface area contributed by atoms with Crippen LogP contribution >= 0.6 is 24.0 Å². The summed E-state index contributed by atoms with van der Waals surface area (Å²) >= 11 is 0. The minimum Gasteiger partial charge on any atom is -0.380 e. The van der Waals surface area contributed by atoms with Gasteiger partial charge in [-0.1, -0.05) is 6.92 Å². The molecule has 1 aliphatic heterocycles. The summed E-state index contributed by atoms with van der Waals surface area (Å²) in [5.74, 6) is 0.893. The second-order valence-electron chi connectivity index (χ2n) is 5.16. The summed E-state index contributed by atoms with van der Waals surface area (Å²) in [5.41, 5.74) is 0. The van der Waals surface area contributed by atoms with Crippen molar-refractivity contribution in [3.8, 4) is 0 Å². The van der Waals surface area contributed by atoms with E-state index >= 15 is 0 Å². The lowest BCUT2D eigenvalue weighted by Gasteiger charge is -2.33. The fourth-order valence-corrected chi connectivity index (χ4v) is 2.36. The van der Waals surface area contributed by atoms with Gasteiger partial charge in [0.2, 0.25) is 0 Å². The van der Waals surface area contributed by atoms with Gasteiger partial charge < -0.3 is 20.3 Å². The molecule has 2 N–H and O–H groups in total. The third kappa shape index (κ3) is 9.81. The lowest BCUT2D eigenvalue weighted by Crippen LogP contribution is -2.47. The second kappa shape index (κ2) is 14.5. The smallest absolute Gasteiger partial charge is 0.191 e. The van der Waals surface area contributed by atoms with Crippen molar-refractivity contribution in [2.24, 2.45) is 4.99 Å². The van der Waals surface area contributed by atoms with Crippen molar-refractivity contribution in [1.29, 1.82) is 0 Å². The molecule has 6 nitrogen and oxygen atoms in total. The molecule has 1 rings (SSSR count). The lowest BCUT2D eigenvalue weighted by atomic mass is 10.3. The normalized spacial score (nSPS) is 17.1. The number of ether oxygens (including phenoxy) is 1. The first-order valence-corrected chi connectivity index (χ1v) is 8.34. The molecule has 0 aromatic rings. The van der Waals surface area contributed by atoms with Crippen LogP contribution in [0.15, 0.2) is 4.99 Å².